The highest BCUT2D eigenvalue weighted by Gasteiger charge is 2.43. The molecule has 0 spiro atoms. The van der Waals surface area contributed by atoms with Gasteiger partial charge >= 0.3 is 6.18 Å². The number of nitrogens with one attached hydrogen (secondary N) is 2. The third-order valence-electron chi connectivity index (χ3n) is 6.19. The second-order valence-corrected chi connectivity index (χ2v) is 10.9. The van der Waals surface area contributed by atoms with Gasteiger partial charge in [-0.1, -0.05) is 25.4 Å². The molecule has 0 bridgehead atoms. The molecule has 180 valence electrons. The number of anilines is 1. The van der Waals surface area contributed by atoms with Crippen LogP contribution < -0.4 is 10.6 Å². The van der Waals surface area contributed by atoms with Gasteiger partial charge in [0.2, 0.25) is 0 Å². The van der Waals surface area contributed by atoms with Crippen LogP contribution in [-0.2, 0) is 15.8 Å². The molecular weight excluding hydrogens is 485 g/mol. The largest absolute Gasteiger partial charge is 0.416 e. The lowest BCUT2D eigenvalue weighted by Crippen LogP contribution is -2.39. The van der Waals surface area contributed by atoms with Crippen LogP contribution in [0, 0.1) is 12.3 Å². The lowest BCUT2D eigenvalue weighted by Gasteiger charge is -2.39. The van der Waals surface area contributed by atoms with Crippen LogP contribution in [0.3, 0.4) is 0 Å². The fraction of sp³-hybridized carbons (Fsp3) is 0.360. The lowest BCUT2D eigenvalue weighted by molar-refractivity contribution is -0.137. The van der Waals surface area contributed by atoms with Crippen molar-refractivity contribution in [1.29, 1.82) is 0 Å². The first-order valence-corrected chi connectivity index (χ1v) is 12.0. The molecule has 1 atom stereocenters. The molecule has 1 aromatic heterocycles. The Balaban J connectivity index is 1.79. The molecule has 4 rings (SSSR count). The predicted octanol–water partition coefficient (Wildman–Crippen LogP) is 6.97. The summed E-state index contributed by atoms with van der Waals surface area (Å²) < 4.78 is 39.7. The Hall–Kier alpha value is -2.58. The molecule has 1 amide bonds. The van der Waals surface area contributed by atoms with E-state index in [1.54, 1.807) is 6.92 Å². The normalized spacial score (nSPS) is 20.2. The number of halogens is 4. The summed E-state index contributed by atoms with van der Waals surface area (Å²) in [6.07, 6.45) is -3.58. The highest BCUT2D eigenvalue weighted by atomic mass is 35.5. The number of thiophene rings is 1. The molecule has 2 N–H and O–H groups in total. The average molecular weight is 509 g/mol. The van der Waals surface area contributed by atoms with Crippen LogP contribution in [0.1, 0.15) is 55.5 Å². The maximum absolute atomic E-state index is 13.5. The summed E-state index contributed by atoms with van der Waals surface area (Å²) in [6.45, 7) is 7.71. The first-order valence-electron chi connectivity index (χ1n) is 10.7. The molecular formula is C25H24ClF3N2O2S. The first-order chi connectivity index (χ1) is 15.8. The van der Waals surface area contributed by atoms with Gasteiger partial charge in [0.25, 0.3) is 5.91 Å². The van der Waals surface area contributed by atoms with Gasteiger partial charge in [0.05, 0.1) is 22.2 Å². The number of Topliss-reactive ketones (excluding diaryl/α,β-unsaturated/α-hetero) is 1. The number of benzene rings is 1. The first kappa shape index (κ1) is 24.5. The Morgan fingerprint density at radius 2 is 1.91 bits per heavy atom. The van der Waals surface area contributed by atoms with E-state index in [-0.39, 0.29) is 21.9 Å². The van der Waals surface area contributed by atoms with E-state index in [9.17, 15) is 22.8 Å². The van der Waals surface area contributed by atoms with Gasteiger partial charge in [0, 0.05) is 33.8 Å². The number of carbonyl (C=O) groups excluding carboxylic acids is 2. The summed E-state index contributed by atoms with van der Waals surface area (Å²) in [4.78, 5) is 27.7. The van der Waals surface area contributed by atoms with Crippen LogP contribution in [-0.4, -0.2) is 11.7 Å². The van der Waals surface area contributed by atoms with Crippen LogP contribution >= 0.6 is 22.9 Å². The Bertz CT molecular complexity index is 1260. The third kappa shape index (κ3) is 4.53. The van der Waals surface area contributed by atoms with E-state index in [0.717, 1.165) is 34.3 Å². The average Bonchev–Trinajstić information content (AvgIpc) is 3.12. The molecule has 0 saturated carbocycles. The Morgan fingerprint density at radius 3 is 2.53 bits per heavy atom. The zero-order chi connectivity index (χ0) is 25.0. The Labute approximate surface area is 204 Å². The van der Waals surface area contributed by atoms with Crippen molar-refractivity contribution in [3.05, 3.63) is 73.2 Å². The number of aryl methyl sites for hydroxylation is 1. The number of hydrogen-bond donors (Lipinski definition) is 2. The van der Waals surface area contributed by atoms with Crippen LogP contribution in [0.2, 0.25) is 5.02 Å². The van der Waals surface area contributed by atoms with E-state index in [2.05, 4.69) is 10.6 Å². The van der Waals surface area contributed by atoms with Crippen LogP contribution in [0.15, 0.2) is 52.2 Å². The van der Waals surface area contributed by atoms with E-state index in [4.69, 9.17) is 11.6 Å². The van der Waals surface area contributed by atoms with Crippen LogP contribution in [0.25, 0.3) is 0 Å². The number of rotatable bonds is 3. The number of dihydropyridines is 1. The topological polar surface area (TPSA) is 58.2 Å². The molecule has 1 aromatic carbocycles. The Morgan fingerprint density at radius 1 is 1.21 bits per heavy atom. The number of ketones is 1. The maximum atomic E-state index is 13.5. The molecule has 0 saturated heterocycles. The summed E-state index contributed by atoms with van der Waals surface area (Å²) in [5.41, 5.74) is 1.87. The number of carbonyl (C=O) groups is 2. The minimum Gasteiger partial charge on any atom is -0.362 e. The minimum atomic E-state index is -4.58. The maximum Gasteiger partial charge on any atom is 0.416 e. The molecule has 4 nitrogen and oxygen atoms in total. The van der Waals surface area contributed by atoms with Crippen molar-refractivity contribution in [2.75, 3.05) is 5.32 Å². The van der Waals surface area contributed by atoms with E-state index >= 15 is 0 Å². The molecule has 1 aliphatic heterocycles. The molecule has 34 heavy (non-hydrogen) atoms. The van der Waals surface area contributed by atoms with Gasteiger partial charge in [0.1, 0.15) is 0 Å². The van der Waals surface area contributed by atoms with Crippen molar-refractivity contribution in [3.8, 4) is 0 Å². The molecule has 0 radical (unpaired) electrons. The van der Waals surface area contributed by atoms with Crippen molar-refractivity contribution in [3.63, 3.8) is 0 Å². The van der Waals surface area contributed by atoms with Crippen molar-refractivity contribution >= 4 is 40.3 Å². The fourth-order valence-corrected chi connectivity index (χ4v) is 5.88. The molecule has 2 aliphatic rings. The molecule has 2 aromatic rings. The summed E-state index contributed by atoms with van der Waals surface area (Å²) in [7, 11) is 0. The second kappa shape index (κ2) is 8.57. The number of alkyl halides is 3. The van der Waals surface area contributed by atoms with E-state index < -0.39 is 23.6 Å². The van der Waals surface area contributed by atoms with Gasteiger partial charge in [-0.2, -0.15) is 13.2 Å². The van der Waals surface area contributed by atoms with Gasteiger partial charge in [-0.05, 0) is 60.9 Å². The zero-order valence-electron chi connectivity index (χ0n) is 19.1. The van der Waals surface area contributed by atoms with Gasteiger partial charge in [-0.25, -0.2) is 0 Å². The molecule has 2 heterocycles. The van der Waals surface area contributed by atoms with Crippen molar-refractivity contribution in [2.45, 2.75) is 52.6 Å². The van der Waals surface area contributed by atoms with E-state index in [1.165, 1.54) is 11.3 Å². The number of amides is 1. The zero-order valence-corrected chi connectivity index (χ0v) is 20.7. The van der Waals surface area contributed by atoms with E-state index in [0.29, 0.717) is 29.7 Å². The van der Waals surface area contributed by atoms with Crippen molar-refractivity contribution < 1.29 is 22.8 Å². The number of hydrogen-bond acceptors (Lipinski definition) is 4. The quantitative estimate of drug-likeness (QED) is 0.470. The molecule has 9 heteroatoms. The highest BCUT2D eigenvalue weighted by Crippen LogP contribution is 2.48. The van der Waals surface area contributed by atoms with Crippen molar-refractivity contribution in [1.82, 2.24) is 5.32 Å². The molecule has 1 aliphatic carbocycles. The number of allylic oxidation sites excluding steroid dienone is 3. The van der Waals surface area contributed by atoms with Gasteiger partial charge < -0.3 is 10.6 Å². The molecule has 0 fully saturated rings. The Kier molecular flexibility index (Phi) is 6.19. The lowest BCUT2D eigenvalue weighted by atomic mass is 9.69. The highest BCUT2D eigenvalue weighted by molar-refractivity contribution is 7.10. The summed E-state index contributed by atoms with van der Waals surface area (Å²) in [5.74, 6) is -1.25. The van der Waals surface area contributed by atoms with Crippen molar-refractivity contribution in [2.24, 2.45) is 5.41 Å². The van der Waals surface area contributed by atoms with Gasteiger partial charge in [-0.15, -0.1) is 11.3 Å². The monoisotopic (exact) mass is 508 g/mol. The fourth-order valence-electron chi connectivity index (χ4n) is 4.67. The molecule has 0 unspecified atom stereocenters. The third-order valence-corrected chi connectivity index (χ3v) is 7.60. The summed E-state index contributed by atoms with van der Waals surface area (Å²) in [5, 5.41) is 7.70. The minimum absolute atomic E-state index is 0.0115. The second-order valence-electron chi connectivity index (χ2n) is 9.54. The SMILES string of the molecule is CC1=C(C(=O)Nc2cc(C(F)(F)F)ccc2Cl)[C@H](c2sccc2C)C2=C(CC(C)(C)CC2=O)N1. The smallest absolute Gasteiger partial charge is 0.362 e. The van der Waals surface area contributed by atoms with Gasteiger partial charge in [-0.3, -0.25) is 9.59 Å². The predicted molar refractivity (Wildman–Crippen MR) is 128 cm³/mol. The summed E-state index contributed by atoms with van der Waals surface area (Å²) >= 11 is 7.57. The standard InChI is InChI=1S/C25H24ClF3N2O2S/c1-12-7-8-34-22(12)21-19(13(2)30-17-10-24(3,4)11-18(32)20(17)21)23(33)31-16-9-14(25(27,28)29)5-6-15(16)26/h5-9,21,30H,10-11H2,1-4H3,(H,31,33)/t21-/m0/s1. The van der Waals surface area contributed by atoms with Crippen LogP contribution in [0.5, 0.6) is 0 Å². The summed E-state index contributed by atoms with van der Waals surface area (Å²) in [6, 6.07) is 4.71. The van der Waals surface area contributed by atoms with Gasteiger partial charge in [0.15, 0.2) is 5.78 Å². The van der Waals surface area contributed by atoms with E-state index in [1.807, 2.05) is 32.2 Å². The van der Waals surface area contributed by atoms with Crippen LogP contribution in [0.4, 0.5) is 18.9 Å².